The van der Waals surface area contributed by atoms with E-state index < -0.39 is 0 Å². The first-order valence-electron chi connectivity index (χ1n) is 24.4. The van der Waals surface area contributed by atoms with Crippen molar-refractivity contribution < 1.29 is 25.8 Å². The Bertz CT molecular complexity index is 3660. The molecule has 0 atom stereocenters. The average molecular weight is 1120 g/mol. The number of rotatable bonds is 12. The molecule has 8 aromatic carbocycles. The SMILES string of the molecule is [C-]#[N+]c1cc2nc(-c3[c-]c(Oc4[c-]c(-c5nc6ccccc6n5-c5c(C(C)C)cc(-c6ccccc6)cc5C(C)C)ccc4)ccc3)n(-c3c(C(C)C)cc(-c4ccccc4)cc3C(C)C)c2cc1C#N.[Pt+2]. The van der Waals surface area contributed by atoms with Gasteiger partial charge in [0.15, 0.2) is 0 Å². The average Bonchev–Trinajstić information content (AvgIpc) is 3.96. The van der Waals surface area contributed by atoms with E-state index in [0.29, 0.717) is 34.0 Å². The minimum absolute atomic E-state index is 0. The number of imidazole rings is 2. The fourth-order valence-corrected chi connectivity index (χ4v) is 9.76. The molecule has 0 aliphatic carbocycles. The van der Waals surface area contributed by atoms with E-state index in [1.807, 2.05) is 48.5 Å². The van der Waals surface area contributed by atoms with Gasteiger partial charge >= 0.3 is 21.1 Å². The van der Waals surface area contributed by atoms with Crippen molar-refractivity contribution in [1.82, 2.24) is 19.1 Å². The van der Waals surface area contributed by atoms with Gasteiger partial charge in [-0.2, -0.15) is 5.26 Å². The van der Waals surface area contributed by atoms with Gasteiger partial charge in [0.25, 0.3) is 0 Å². The van der Waals surface area contributed by atoms with E-state index in [0.717, 1.165) is 61.6 Å². The van der Waals surface area contributed by atoms with Crippen LogP contribution in [0.2, 0.25) is 0 Å². The molecule has 0 unspecified atom stereocenters. The zero-order valence-electron chi connectivity index (χ0n) is 41.7. The molecular weight excluding hydrogens is 1060 g/mol. The van der Waals surface area contributed by atoms with Crippen LogP contribution in [0.15, 0.2) is 158 Å². The summed E-state index contributed by atoms with van der Waals surface area (Å²) in [5.74, 6) is 3.10. The summed E-state index contributed by atoms with van der Waals surface area (Å²) in [6.07, 6.45) is 0. The quantitative estimate of drug-likeness (QED) is 0.114. The van der Waals surface area contributed by atoms with Crippen LogP contribution in [0.25, 0.3) is 83.3 Å². The van der Waals surface area contributed by atoms with Crippen LogP contribution < -0.4 is 4.74 Å². The molecule has 72 heavy (non-hydrogen) atoms. The number of benzene rings is 8. The summed E-state index contributed by atoms with van der Waals surface area (Å²) < 4.78 is 11.2. The van der Waals surface area contributed by atoms with Crippen molar-refractivity contribution in [2.75, 3.05) is 0 Å². The van der Waals surface area contributed by atoms with E-state index in [1.54, 1.807) is 12.1 Å². The molecule has 0 saturated carbocycles. The topological polar surface area (TPSA) is 73.0 Å². The summed E-state index contributed by atoms with van der Waals surface area (Å²) in [4.78, 5) is 14.3. The molecule has 2 aromatic heterocycles. The van der Waals surface area contributed by atoms with Crippen LogP contribution in [0.4, 0.5) is 5.69 Å². The maximum absolute atomic E-state index is 10.3. The molecule has 10 rings (SSSR count). The van der Waals surface area contributed by atoms with Gasteiger partial charge in [0.05, 0.1) is 51.9 Å². The molecule has 10 aromatic rings. The first-order valence-corrected chi connectivity index (χ1v) is 24.4. The molecule has 356 valence electrons. The third kappa shape index (κ3) is 9.18. The van der Waals surface area contributed by atoms with Gasteiger partial charge < -0.3 is 13.9 Å². The van der Waals surface area contributed by atoms with Gasteiger partial charge in [-0.1, -0.05) is 140 Å². The predicted octanol–water partition coefficient (Wildman–Crippen LogP) is 17.3. The molecule has 7 nitrogen and oxygen atoms in total. The zero-order chi connectivity index (χ0) is 49.5. The summed E-state index contributed by atoms with van der Waals surface area (Å²) in [7, 11) is 0. The Morgan fingerprint density at radius 2 is 0.931 bits per heavy atom. The van der Waals surface area contributed by atoms with Crippen LogP contribution in [0.3, 0.4) is 0 Å². The van der Waals surface area contributed by atoms with E-state index in [-0.39, 0.29) is 50.4 Å². The van der Waals surface area contributed by atoms with Crippen LogP contribution in [-0.4, -0.2) is 19.1 Å². The molecule has 0 bridgehead atoms. The van der Waals surface area contributed by atoms with Crippen LogP contribution in [0.5, 0.6) is 11.5 Å². The second-order valence-electron chi connectivity index (χ2n) is 19.4. The minimum atomic E-state index is 0. The number of hydrogen-bond donors (Lipinski definition) is 0. The second kappa shape index (κ2) is 20.5. The zero-order valence-corrected chi connectivity index (χ0v) is 44.0. The molecule has 2 heterocycles. The normalized spacial score (nSPS) is 11.4. The molecule has 0 N–H and O–H groups in total. The molecule has 0 aliphatic rings. The van der Waals surface area contributed by atoms with Crippen molar-refractivity contribution in [2.45, 2.75) is 79.1 Å². The van der Waals surface area contributed by atoms with E-state index in [9.17, 15) is 5.26 Å². The number of para-hydroxylation sites is 2. The Morgan fingerprint density at radius 3 is 1.38 bits per heavy atom. The van der Waals surface area contributed by atoms with Crippen molar-refractivity contribution in [3.63, 3.8) is 0 Å². The van der Waals surface area contributed by atoms with E-state index >= 15 is 0 Å². The van der Waals surface area contributed by atoms with Gasteiger partial charge in [-0.25, -0.2) is 4.85 Å². The van der Waals surface area contributed by atoms with Gasteiger partial charge in [-0.15, -0.1) is 47.5 Å². The molecule has 8 heteroatoms. The van der Waals surface area contributed by atoms with Crippen LogP contribution in [0, 0.1) is 30.0 Å². The van der Waals surface area contributed by atoms with Crippen molar-refractivity contribution in [1.29, 1.82) is 5.26 Å². The summed E-state index contributed by atoms with van der Waals surface area (Å²) in [6.45, 7) is 25.8. The van der Waals surface area contributed by atoms with Crippen molar-refractivity contribution in [3.8, 4) is 74.0 Å². The van der Waals surface area contributed by atoms with Gasteiger partial charge in [-0.05, 0) is 117 Å². The number of ether oxygens (including phenoxy) is 1. The first-order chi connectivity index (χ1) is 34.4. The number of fused-ring (bicyclic) bond motifs is 2. The molecular formula is C64H54N6OPt. The third-order valence-electron chi connectivity index (χ3n) is 13.3. The van der Waals surface area contributed by atoms with E-state index in [1.165, 1.54) is 22.3 Å². The Kier molecular flexibility index (Phi) is 14.0. The van der Waals surface area contributed by atoms with E-state index in [4.69, 9.17) is 21.3 Å². The molecule has 0 aliphatic heterocycles. The van der Waals surface area contributed by atoms with Crippen molar-refractivity contribution >= 4 is 27.8 Å². The largest absolute Gasteiger partial charge is 2.00 e. The standard InChI is InChI=1S/C64H54N6O.Pt/c1-39(2)52-32-47(43-20-12-10-13-21-43)33-53(40(3)4)61(52)69-59-29-17-16-28-56(59)67-63(69)45-24-18-26-50(30-45)71-51-27-19-25-46(31-51)64-68-58-37-57(66-9)49(38-65)36-60(58)70(64)62-54(41(5)6)34-48(35-55(62)42(7)8)44-22-14-11-15-23-44;/h10-29,32-37,39-42H,1-8H3;/q-2;+2. The Balaban J connectivity index is 0.00000640. The monoisotopic (exact) mass is 1120 g/mol. The Morgan fingerprint density at radius 1 is 0.500 bits per heavy atom. The third-order valence-corrected chi connectivity index (χ3v) is 13.3. The second-order valence-corrected chi connectivity index (χ2v) is 19.4. The maximum atomic E-state index is 10.3. The summed E-state index contributed by atoms with van der Waals surface area (Å²) >= 11 is 0. The maximum Gasteiger partial charge on any atom is 2.00 e. The Hall–Kier alpha value is -7.83. The van der Waals surface area contributed by atoms with E-state index in [2.05, 4.69) is 185 Å². The molecule has 0 fully saturated rings. The molecule has 0 saturated heterocycles. The number of nitriles is 1. The fraction of sp³-hybridized carbons (Fsp3) is 0.188. The number of aromatic nitrogens is 4. The smallest absolute Gasteiger partial charge is 0.497 e. The summed E-state index contributed by atoms with van der Waals surface area (Å²) in [5, 5.41) is 10.3. The number of nitrogens with zero attached hydrogens (tertiary/aromatic N) is 6. The van der Waals surface area contributed by atoms with Crippen molar-refractivity contribution in [3.05, 3.63) is 209 Å². The number of hydrogen-bond acceptors (Lipinski definition) is 4. The predicted molar refractivity (Wildman–Crippen MR) is 289 cm³/mol. The van der Waals surface area contributed by atoms with Gasteiger partial charge in [0.1, 0.15) is 0 Å². The van der Waals surface area contributed by atoms with Gasteiger partial charge in [0.2, 0.25) is 5.69 Å². The molecule has 0 spiro atoms. The molecule has 0 radical (unpaired) electrons. The summed E-state index contributed by atoms with van der Waals surface area (Å²) in [6, 6.07) is 63.4. The Labute approximate surface area is 437 Å². The minimum Gasteiger partial charge on any atom is -0.497 e. The van der Waals surface area contributed by atoms with Crippen LogP contribution >= 0.6 is 0 Å². The van der Waals surface area contributed by atoms with Gasteiger partial charge in [0, 0.05) is 22.9 Å². The molecule has 0 amide bonds. The van der Waals surface area contributed by atoms with Crippen molar-refractivity contribution in [2.24, 2.45) is 0 Å². The fourth-order valence-electron chi connectivity index (χ4n) is 9.76. The van der Waals surface area contributed by atoms with Crippen LogP contribution in [-0.2, 0) is 21.1 Å². The first kappa shape index (κ1) is 49.2. The van der Waals surface area contributed by atoms with Crippen LogP contribution in [0.1, 0.15) is 107 Å². The van der Waals surface area contributed by atoms with Gasteiger partial charge in [-0.3, -0.25) is 9.97 Å². The summed E-state index contributed by atoms with van der Waals surface area (Å²) in [5.41, 5.74) is 16.9.